The molecule has 7 nitrogen and oxygen atoms in total. The molecule has 2 aromatic rings. The van der Waals surface area contributed by atoms with Crippen LogP contribution in [0.1, 0.15) is 28.4 Å². The van der Waals surface area contributed by atoms with Crippen LogP contribution in [0, 0.1) is 13.8 Å². The molecule has 0 fully saturated rings. The normalized spacial score (nSPS) is 11.1. The predicted octanol–water partition coefficient (Wildman–Crippen LogP) is 3.54. The molecule has 0 saturated heterocycles. The second-order valence-electron chi connectivity index (χ2n) is 6.40. The van der Waals surface area contributed by atoms with E-state index in [1.165, 1.54) is 0 Å². The number of rotatable bonds is 7. The van der Waals surface area contributed by atoms with E-state index >= 15 is 0 Å². The maximum atomic E-state index is 12.6. The highest BCUT2D eigenvalue weighted by Gasteiger charge is 2.24. The molecule has 156 valence electrons. The third-order valence-corrected chi connectivity index (χ3v) is 5.83. The third-order valence-electron chi connectivity index (χ3n) is 4.30. The zero-order valence-corrected chi connectivity index (χ0v) is 18.2. The van der Waals surface area contributed by atoms with Gasteiger partial charge in [0.05, 0.1) is 24.1 Å². The molecule has 0 aliphatic rings. The topological polar surface area (TPSA) is 92.8 Å². The molecule has 0 unspecified atom stereocenters. The van der Waals surface area contributed by atoms with Gasteiger partial charge in [-0.15, -0.1) is 0 Å². The molecule has 1 amide bonds. The van der Waals surface area contributed by atoms with Crippen molar-refractivity contribution in [1.82, 2.24) is 0 Å². The van der Waals surface area contributed by atoms with Crippen molar-refractivity contribution in [1.29, 1.82) is 0 Å². The lowest BCUT2D eigenvalue weighted by molar-refractivity contribution is -0.114. The summed E-state index contributed by atoms with van der Waals surface area (Å²) in [7, 11) is -3.74. The SMILES string of the molecule is CCOC(=O)c1cccc(NC(=O)CN(c2cccc(Cl)c2C)S(C)(=O)=O)c1C. The highest BCUT2D eigenvalue weighted by Crippen LogP contribution is 2.28. The summed E-state index contributed by atoms with van der Waals surface area (Å²) in [6, 6.07) is 9.69. The van der Waals surface area contributed by atoms with E-state index in [-0.39, 0.29) is 6.61 Å². The zero-order chi connectivity index (χ0) is 21.8. The smallest absolute Gasteiger partial charge is 0.338 e. The van der Waals surface area contributed by atoms with Gasteiger partial charge in [0, 0.05) is 10.7 Å². The van der Waals surface area contributed by atoms with Crippen molar-refractivity contribution in [3.63, 3.8) is 0 Å². The van der Waals surface area contributed by atoms with Gasteiger partial charge < -0.3 is 10.1 Å². The van der Waals surface area contributed by atoms with Crippen molar-refractivity contribution < 1.29 is 22.7 Å². The van der Waals surface area contributed by atoms with Gasteiger partial charge in [-0.2, -0.15) is 0 Å². The van der Waals surface area contributed by atoms with Crippen LogP contribution in [0.2, 0.25) is 5.02 Å². The Labute approximate surface area is 175 Å². The maximum Gasteiger partial charge on any atom is 0.338 e. The van der Waals surface area contributed by atoms with E-state index < -0.39 is 28.4 Å². The number of esters is 1. The Bertz CT molecular complexity index is 1040. The molecule has 2 aromatic carbocycles. The fraction of sp³-hybridized carbons (Fsp3) is 0.300. The highest BCUT2D eigenvalue weighted by atomic mass is 35.5. The molecule has 0 spiro atoms. The summed E-state index contributed by atoms with van der Waals surface area (Å²) >= 11 is 6.10. The summed E-state index contributed by atoms with van der Waals surface area (Å²) in [5.41, 5.74) is 2.14. The highest BCUT2D eigenvalue weighted by molar-refractivity contribution is 7.92. The van der Waals surface area contributed by atoms with Crippen LogP contribution in [-0.4, -0.2) is 39.7 Å². The average molecular weight is 439 g/mol. The number of ether oxygens (including phenoxy) is 1. The van der Waals surface area contributed by atoms with Gasteiger partial charge in [0.15, 0.2) is 0 Å². The number of benzene rings is 2. The molecule has 2 rings (SSSR count). The minimum absolute atomic E-state index is 0.233. The van der Waals surface area contributed by atoms with Crippen molar-refractivity contribution in [2.45, 2.75) is 20.8 Å². The van der Waals surface area contributed by atoms with E-state index in [2.05, 4.69) is 5.32 Å². The number of anilines is 2. The molecule has 0 bridgehead atoms. The maximum absolute atomic E-state index is 12.6. The molecule has 1 N–H and O–H groups in total. The Morgan fingerprint density at radius 1 is 1.10 bits per heavy atom. The fourth-order valence-electron chi connectivity index (χ4n) is 2.77. The number of carbonyl (C=O) groups excluding carboxylic acids is 2. The summed E-state index contributed by atoms with van der Waals surface area (Å²) in [5, 5.41) is 3.07. The molecule has 9 heteroatoms. The quantitative estimate of drug-likeness (QED) is 0.667. The van der Waals surface area contributed by atoms with Crippen LogP contribution in [-0.2, 0) is 19.6 Å². The Morgan fingerprint density at radius 3 is 2.38 bits per heavy atom. The number of amides is 1. The van der Waals surface area contributed by atoms with E-state index in [0.717, 1.165) is 10.6 Å². The number of halogens is 1. The van der Waals surface area contributed by atoms with Gasteiger partial charge >= 0.3 is 5.97 Å². The predicted molar refractivity (Wildman–Crippen MR) is 114 cm³/mol. The summed E-state index contributed by atoms with van der Waals surface area (Å²) in [6.07, 6.45) is 1.02. The average Bonchev–Trinajstić information content (AvgIpc) is 2.63. The Kier molecular flexibility index (Phi) is 7.26. The van der Waals surface area contributed by atoms with E-state index in [0.29, 0.717) is 33.1 Å². The first-order chi connectivity index (χ1) is 13.6. The second-order valence-corrected chi connectivity index (χ2v) is 8.71. The largest absolute Gasteiger partial charge is 0.462 e. The van der Waals surface area contributed by atoms with Crippen molar-refractivity contribution in [3.8, 4) is 0 Å². The Morgan fingerprint density at radius 2 is 1.76 bits per heavy atom. The van der Waals surface area contributed by atoms with E-state index in [9.17, 15) is 18.0 Å². The van der Waals surface area contributed by atoms with E-state index in [4.69, 9.17) is 16.3 Å². The molecule has 0 heterocycles. The third kappa shape index (κ3) is 5.48. The molecule has 29 heavy (non-hydrogen) atoms. The van der Waals surface area contributed by atoms with E-state index in [1.807, 2.05) is 0 Å². The summed E-state index contributed by atoms with van der Waals surface area (Å²) < 4.78 is 30.6. The minimum Gasteiger partial charge on any atom is -0.462 e. The molecular formula is C20H23ClN2O5S. The lowest BCUT2D eigenvalue weighted by Crippen LogP contribution is -2.38. The number of hydrogen-bond acceptors (Lipinski definition) is 5. The zero-order valence-electron chi connectivity index (χ0n) is 16.7. The number of nitrogens with zero attached hydrogens (tertiary/aromatic N) is 1. The van der Waals surface area contributed by atoms with Crippen molar-refractivity contribution in [3.05, 3.63) is 58.1 Å². The van der Waals surface area contributed by atoms with Crippen LogP contribution in [0.15, 0.2) is 36.4 Å². The molecular weight excluding hydrogens is 416 g/mol. The molecule has 0 aromatic heterocycles. The standard InChI is InChI=1S/C20H23ClN2O5S/c1-5-28-20(25)15-8-6-10-17(13(15)2)22-19(24)12-23(29(4,26)27)18-11-7-9-16(21)14(18)3/h6-11H,5,12H2,1-4H3,(H,22,24). The van der Waals surface area contributed by atoms with Crippen LogP contribution >= 0.6 is 11.6 Å². The monoisotopic (exact) mass is 438 g/mol. The molecule has 0 aliphatic heterocycles. The number of hydrogen-bond donors (Lipinski definition) is 1. The van der Waals surface area contributed by atoms with Crippen LogP contribution < -0.4 is 9.62 Å². The van der Waals surface area contributed by atoms with Crippen LogP contribution in [0.25, 0.3) is 0 Å². The minimum atomic E-state index is -3.74. The van der Waals surface area contributed by atoms with Gasteiger partial charge in [-0.05, 0) is 56.2 Å². The molecule has 0 radical (unpaired) electrons. The van der Waals surface area contributed by atoms with Crippen molar-refractivity contribution in [2.24, 2.45) is 0 Å². The fourth-order valence-corrected chi connectivity index (χ4v) is 3.84. The van der Waals surface area contributed by atoms with E-state index in [1.54, 1.807) is 57.2 Å². The first kappa shape index (κ1) is 22.7. The van der Waals surface area contributed by atoms with Gasteiger partial charge in [0.25, 0.3) is 0 Å². The van der Waals surface area contributed by atoms with Crippen LogP contribution in [0.5, 0.6) is 0 Å². The number of carbonyl (C=O) groups is 2. The lowest BCUT2D eigenvalue weighted by atomic mass is 10.1. The number of nitrogens with one attached hydrogen (secondary N) is 1. The van der Waals surface area contributed by atoms with Gasteiger partial charge in [0.1, 0.15) is 6.54 Å². The van der Waals surface area contributed by atoms with Gasteiger partial charge in [-0.3, -0.25) is 9.10 Å². The summed E-state index contributed by atoms with van der Waals surface area (Å²) in [4.78, 5) is 24.7. The second kappa shape index (κ2) is 9.28. The van der Waals surface area contributed by atoms with Gasteiger partial charge in [-0.1, -0.05) is 23.7 Å². The van der Waals surface area contributed by atoms with Gasteiger partial charge in [-0.25, -0.2) is 13.2 Å². The van der Waals surface area contributed by atoms with Crippen molar-refractivity contribution in [2.75, 3.05) is 29.0 Å². The molecule has 0 saturated carbocycles. The first-order valence-electron chi connectivity index (χ1n) is 8.85. The van der Waals surface area contributed by atoms with Crippen LogP contribution in [0.3, 0.4) is 0 Å². The Hall–Kier alpha value is -2.58. The lowest BCUT2D eigenvalue weighted by Gasteiger charge is -2.24. The van der Waals surface area contributed by atoms with Crippen LogP contribution in [0.4, 0.5) is 11.4 Å². The number of sulfonamides is 1. The Balaban J connectivity index is 2.29. The van der Waals surface area contributed by atoms with Gasteiger partial charge in [0.2, 0.25) is 15.9 Å². The first-order valence-corrected chi connectivity index (χ1v) is 11.1. The molecule has 0 aliphatic carbocycles. The molecule has 0 atom stereocenters. The van der Waals surface area contributed by atoms with Crippen molar-refractivity contribution >= 4 is 44.9 Å². The summed E-state index contributed by atoms with van der Waals surface area (Å²) in [6.45, 7) is 4.86. The summed E-state index contributed by atoms with van der Waals surface area (Å²) in [5.74, 6) is -1.05.